The van der Waals surface area contributed by atoms with Gasteiger partial charge in [0.1, 0.15) is 0 Å². The normalized spacial score (nSPS) is 11.9. The minimum Gasteiger partial charge on any atom is -0.345 e. The maximum atomic E-state index is 12.1. The first-order valence-electron chi connectivity index (χ1n) is 6.05. The SMILES string of the molecule is Cc1ccc(C(=O)NC(C)c2cccnc2)cc1Br. The lowest BCUT2D eigenvalue weighted by Crippen LogP contribution is -2.26. The fourth-order valence-corrected chi connectivity index (χ4v) is 2.11. The third-order valence-corrected chi connectivity index (χ3v) is 3.82. The number of halogens is 1. The summed E-state index contributed by atoms with van der Waals surface area (Å²) in [6.07, 6.45) is 3.48. The zero-order valence-corrected chi connectivity index (χ0v) is 12.4. The number of amides is 1. The summed E-state index contributed by atoms with van der Waals surface area (Å²) in [6, 6.07) is 9.32. The molecule has 0 saturated carbocycles. The Morgan fingerprint density at radius 1 is 1.37 bits per heavy atom. The van der Waals surface area contributed by atoms with Crippen LogP contribution in [0.15, 0.2) is 47.2 Å². The lowest BCUT2D eigenvalue weighted by Gasteiger charge is -2.14. The average Bonchev–Trinajstić information content (AvgIpc) is 2.42. The van der Waals surface area contributed by atoms with Gasteiger partial charge < -0.3 is 5.32 Å². The molecule has 2 rings (SSSR count). The van der Waals surface area contributed by atoms with E-state index in [2.05, 4.69) is 26.2 Å². The molecule has 3 nitrogen and oxygen atoms in total. The summed E-state index contributed by atoms with van der Waals surface area (Å²) in [6.45, 7) is 3.93. The van der Waals surface area contributed by atoms with Crippen LogP contribution in [0.2, 0.25) is 0 Å². The monoisotopic (exact) mass is 318 g/mol. The van der Waals surface area contributed by atoms with Crippen molar-refractivity contribution in [2.75, 3.05) is 0 Å². The first-order chi connectivity index (χ1) is 9.08. The molecule has 1 aromatic heterocycles. The van der Waals surface area contributed by atoms with Crippen LogP contribution >= 0.6 is 15.9 Å². The van der Waals surface area contributed by atoms with Crippen LogP contribution in [-0.2, 0) is 0 Å². The smallest absolute Gasteiger partial charge is 0.251 e. The quantitative estimate of drug-likeness (QED) is 0.938. The van der Waals surface area contributed by atoms with Gasteiger partial charge in [0.15, 0.2) is 0 Å². The van der Waals surface area contributed by atoms with Crippen molar-refractivity contribution >= 4 is 21.8 Å². The minimum absolute atomic E-state index is 0.0683. The Balaban J connectivity index is 2.11. The second-order valence-corrected chi connectivity index (χ2v) is 5.30. The Hall–Kier alpha value is -1.68. The molecular formula is C15H15BrN2O. The summed E-state index contributed by atoms with van der Waals surface area (Å²) in [4.78, 5) is 16.2. The number of hydrogen-bond acceptors (Lipinski definition) is 2. The molecule has 0 aliphatic carbocycles. The highest BCUT2D eigenvalue weighted by Crippen LogP contribution is 2.18. The van der Waals surface area contributed by atoms with E-state index in [4.69, 9.17) is 0 Å². The number of benzene rings is 1. The highest BCUT2D eigenvalue weighted by molar-refractivity contribution is 9.10. The summed E-state index contributed by atoms with van der Waals surface area (Å²) in [5, 5.41) is 2.96. The van der Waals surface area contributed by atoms with Crippen LogP contribution in [0.4, 0.5) is 0 Å². The van der Waals surface area contributed by atoms with Crippen molar-refractivity contribution < 1.29 is 4.79 Å². The second-order valence-electron chi connectivity index (χ2n) is 4.45. The summed E-state index contributed by atoms with van der Waals surface area (Å²) < 4.78 is 0.939. The molecule has 1 aromatic carbocycles. The number of nitrogens with zero attached hydrogens (tertiary/aromatic N) is 1. The van der Waals surface area contributed by atoms with Gasteiger partial charge in [-0.25, -0.2) is 0 Å². The molecule has 19 heavy (non-hydrogen) atoms. The van der Waals surface area contributed by atoms with Crippen molar-refractivity contribution in [3.8, 4) is 0 Å². The standard InChI is InChI=1S/C15H15BrN2O/c1-10-5-6-12(8-14(10)16)15(19)18-11(2)13-4-3-7-17-9-13/h3-9,11H,1-2H3,(H,18,19). The van der Waals surface area contributed by atoms with Gasteiger partial charge in [-0.15, -0.1) is 0 Å². The molecule has 0 radical (unpaired) electrons. The van der Waals surface area contributed by atoms with E-state index in [1.54, 1.807) is 12.4 Å². The van der Waals surface area contributed by atoms with Crippen LogP contribution in [0.25, 0.3) is 0 Å². The summed E-state index contributed by atoms with van der Waals surface area (Å²) in [5.74, 6) is -0.0861. The van der Waals surface area contributed by atoms with Crippen molar-refractivity contribution in [2.24, 2.45) is 0 Å². The van der Waals surface area contributed by atoms with Gasteiger partial charge in [-0.3, -0.25) is 9.78 Å². The zero-order chi connectivity index (χ0) is 13.8. The molecule has 0 spiro atoms. The maximum Gasteiger partial charge on any atom is 0.251 e. The van der Waals surface area contributed by atoms with Gasteiger partial charge in [-0.2, -0.15) is 0 Å². The Morgan fingerprint density at radius 3 is 2.79 bits per heavy atom. The number of carbonyl (C=O) groups is 1. The first kappa shape index (κ1) is 13.7. The molecule has 1 heterocycles. The highest BCUT2D eigenvalue weighted by atomic mass is 79.9. The molecule has 2 aromatic rings. The third kappa shape index (κ3) is 3.41. The van der Waals surface area contributed by atoms with Gasteiger partial charge in [0.2, 0.25) is 0 Å². The van der Waals surface area contributed by atoms with Crippen molar-refractivity contribution in [3.05, 3.63) is 63.9 Å². The van der Waals surface area contributed by atoms with Crippen LogP contribution in [0.5, 0.6) is 0 Å². The molecule has 0 aliphatic heterocycles. The Bertz CT molecular complexity index is 584. The molecule has 1 amide bonds. The molecule has 0 fully saturated rings. The van der Waals surface area contributed by atoms with Gasteiger partial charge in [0.05, 0.1) is 6.04 Å². The van der Waals surface area contributed by atoms with E-state index < -0.39 is 0 Å². The Labute approximate surface area is 121 Å². The van der Waals surface area contributed by atoms with Crippen LogP contribution in [0.3, 0.4) is 0 Å². The summed E-state index contributed by atoms with van der Waals surface area (Å²) in [7, 11) is 0. The number of carbonyl (C=O) groups excluding carboxylic acids is 1. The predicted molar refractivity (Wildman–Crippen MR) is 79.0 cm³/mol. The topological polar surface area (TPSA) is 42.0 Å². The van der Waals surface area contributed by atoms with E-state index in [0.717, 1.165) is 15.6 Å². The fraction of sp³-hybridized carbons (Fsp3) is 0.200. The summed E-state index contributed by atoms with van der Waals surface area (Å²) >= 11 is 3.44. The number of rotatable bonds is 3. The van der Waals surface area contributed by atoms with Crippen LogP contribution in [0, 0.1) is 6.92 Å². The molecular weight excluding hydrogens is 304 g/mol. The van der Waals surface area contributed by atoms with E-state index in [9.17, 15) is 4.79 Å². The van der Waals surface area contributed by atoms with Gasteiger partial charge in [-0.1, -0.05) is 28.1 Å². The molecule has 4 heteroatoms. The van der Waals surface area contributed by atoms with Crippen LogP contribution in [0.1, 0.15) is 34.5 Å². The maximum absolute atomic E-state index is 12.1. The largest absolute Gasteiger partial charge is 0.345 e. The fourth-order valence-electron chi connectivity index (χ4n) is 1.73. The second kappa shape index (κ2) is 5.97. The molecule has 98 valence electrons. The van der Waals surface area contributed by atoms with E-state index in [1.807, 2.05) is 44.2 Å². The van der Waals surface area contributed by atoms with Crippen molar-refractivity contribution in [1.82, 2.24) is 10.3 Å². The van der Waals surface area contributed by atoms with Crippen molar-refractivity contribution in [1.29, 1.82) is 0 Å². The van der Waals surface area contributed by atoms with Gasteiger partial charge in [-0.05, 0) is 43.2 Å². The number of nitrogens with one attached hydrogen (secondary N) is 1. The molecule has 1 N–H and O–H groups in total. The Kier molecular flexibility index (Phi) is 4.32. The highest BCUT2D eigenvalue weighted by Gasteiger charge is 2.12. The molecule has 1 atom stereocenters. The number of hydrogen-bond donors (Lipinski definition) is 1. The number of aromatic nitrogens is 1. The van der Waals surface area contributed by atoms with E-state index in [-0.39, 0.29) is 11.9 Å². The summed E-state index contributed by atoms with van der Waals surface area (Å²) in [5.41, 5.74) is 2.74. The average molecular weight is 319 g/mol. The number of pyridine rings is 1. The van der Waals surface area contributed by atoms with Crippen LogP contribution in [-0.4, -0.2) is 10.9 Å². The van der Waals surface area contributed by atoms with E-state index in [1.165, 1.54) is 0 Å². The Morgan fingerprint density at radius 2 is 2.16 bits per heavy atom. The molecule has 0 saturated heterocycles. The van der Waals surface area contributed by atoms with Crippen molar-refractivity contribution in [3.63, 3.8) is 0 Å². The van der Waals surface area contributed by atoms with E-state index >= 15 is 0 Å². The zero-order valence-electron chi connectivity index (χ0n) is 10.9. The lowest BCUT2D eigenvalue weighted by molar-refractivity contribution is 0.0940. The third-order valence-electron chi connectivity index (χ3n) is 2.97. The van der Waals surface area contributed by atoms with E-state index in [0.29, 0.717) is 5.56 Å². The van der Waals surface area contributed by atoms with Gasteiger partial charge in [0.25, 0.3) is 5.91 Å². The molecule has 1 unspecified atom stereocenters. The van der Waals surface area contributed by atoms with Crippen molar-refractivity contribution in [2.45, 2.75) is 19.9 Å². The minimum atomic E-state index is -0.0861. The van der Waals surface area contributed by atoms with Crippen LogP contribution < -0.4 is 5.32 Å². The molecule has 0 aliphatic rings. The number of aryl methyl sites for hydroxylation is 1. The lowest BCUT2D eigenvalue weighted by atomic mass is 10.1. The van der Waals surface area contributed by atoms with Gasteiger partial charge in [0, 0.05) is 22.4 Å². The first-order valence-corrected chi connectivity index (χ1v) is 6.84. The molecule has 0 bridgehead atoms. The van der Waals surface area contributed by atoms with Gasteiger partial charge >= 0.3 is 0 Å². The predicted octanol–water partition coefficient (Wildman–Crippen LogP) is 3.64.